The maximum Gasteiger partial charge on any atom is 0.262 e. The summed E-state index contributed by atoms with van der Waals surface area (Å²) in [7, 11) is 0. The average Bonchev–Trinajstić information content (AvgIpc) is 2.41. The van der Waals surface area contributed by atoms with Gasteiger partial charge in [0, 0.05) is 10.2 Å². The number of halogens is 2. The van der Waals surface area contributed by atoms with E-state index in [9.17, 15) is 4.79 Å². The Labute approximate surface area is 133 Å². The minimum absolute atomic E-state index is 0.108. The molecule has 0 aromatic heterocycles. The summed E-state index contributed by atoms with van der Waals surface area (Å²) in [6, 6.07) is 12.6. The average molecular weight is 400 g/mol. The fraction of sp³-hybridized carbons (Fsp3) is 0.0714. The molecule has 1 amide bonds. The van der Waals surface area contributed by atoms with Crippen molar-refractivity contribution in [2.45, 2.75) is 0 Å². The molecule has 0 fully saturated rings. The van der Waals surface area contributed by atoms with Crippen molar-refractivity contribution >= 4 is 49.1 Å². The molecule has 2 aromatic carbocycles. The number of anilines is 2. The first-order valence-electron chi connectivity index (χ1n) is 5.78. The van der Waals surface area contributed by atoms with Gasteiger partial charge in [0.05, 0.1) is 10.2 Å². The van der Waals surface area contributed by atoms with Gasteiger partial charge in [-0.15, -0.1) is 0 Å². The molecule has 6 heteroatoms. The maximum atomic E-state index is 11.8. The molecule has 0 saturated heterocycles. The molecule has 2 aromatic rings. The van der Waals surface area contributed by atoms with Crippen LogP contribution in [0.2, 0.25) is 0 Å². The standard InChI is InChI=1S/C14H12Br2N2O2/c15-9-4-6-10(7-5-9)18-13(19)8-20-14-11(16)2-1-3-12(14)17/h1-7H,8,17H2,(H,18,19). The summed E-state index contributed by atoms with van der Waals surface area (Å²) in [5.74, 6) is 0.223. The van der Waals surface area contributed by atoms with Gasteiger partial charge >= 0.3 is 0 Å². The molecule has 0 unspecified atom stereocenters. The van der Waals surface area contributed by atoms with Crippen molar-refractivity contribution in [1.82, 2.24) is 0 Å². The molecule has 0 saturated carbocycles. The zero-order chi connectivity index (χ0) is 14.5. The molecule has 4 nitrogen and oxygen atoms in total. The SMILES string of the molecule is Nc1cccc(Br)c1OCC(=O)Nc1ccc(Br)cc1. The molecule has 3 N–H and O–H groups in total. The van der Waals surface area contributed by atoms with E-state index in [4.69, 9.17) is 10.5 Å². The molecule has 0 radical (unpaired) electrons. The van der Waals surface area contributed by atoms with Gasteiger partial charge in [-0.25, -0.2) is 0 Å². The third-order valence-corrected chi connectivity index (χ3v) is 3.63. The first kappa shape index (κ1) is 14.9. The summed E-state index contributed by atoms with van der Waals surface area (Å²) < 4.78 is 7.10. The minimum atomic E-state index is -0.248. The monoisotopic (exact) mass is 398 g/mol. The largest absolute Gasteiger partial charge is 0.480 e. The van der Waals surface area contributed by atoms with E-state index in [0.717, 1.165) is 4.47 Å². The Morgan fingerprint density at radius 2 is 1.85 bits per heavy atom. The van der Waals surface area contributed by atoms with Crippen LogP contribution in [0.1, 0.15) is 0 Å². The van der Waals surface area contributed by atoms with Crippen molar-refractivity contribution in [3.8, 4) is 5.75 Å². The van der Waals surface area contributed by atoms with E-state index >= 15 is 0 Å². The number of carbonyl (C=O) groups is 1. The second kappa shape index (κ2) is 6.76. The highest BCUT2D eigenvalue weighted by Gasteiger charge is 2.08. The molecule has 0 spiro atoms. The van der Waals surface area contributed by atoms with Crippen molar-refractivity contribution in [3.63, 3.8) is 0 Å². The van der Waals surface area contributed by atoms with E-state index in [1.165, 1.54) is 0 Å². The van der Waals surface area contributed by atoms with Crippen molar-refractivity contribution in [2.75, 3.05) is 17.7 Å². The van der Waals surface area contributed by atoms with Crippen molar-refractivity contribution in [1.29, 1.82) is 0 Å². The van der Waals surface area contributed by atoms with Crippen LogP contribution in [0, 0.1) is 0 Å². The highest BCUT2D eigenvalue weighted by molar-refractivity contribution is 9.10. The second-order valence-corrected chi connectivity index (χ2v) is 5.77. The Hall–Kier alpha value is -1.53. The Kier molecular flexibility index (Phi) is 5.03. The van der Waals surface area contributed by atoms with Gasteiger partial charge in [0.2, 0.25) is 0 Å². The van der Waals surface area contributed by atoms with E-state index in [1.54, 1.807) is 30.3 Å². The third kappa shape index (κ3) is 3.98. The molecular formula is C14H12Br2N2O2. The van der Waals surface area contributed by atoms with Crippen molar-refractivity contribution < 1.29 is 9.53 Å². The molecule has 0 aliphatic carbocycles. The number of hydrogen-bond donors (Lipinski definition) is 2. The molecule has 20 heavy (non-hydrogen) atoms. The summed E-state index contributed by atoms with van der Waals surface area (Å²) in [5, 5.41) is 2.74. The lowest BCUT2D eigenvalue weighted by molar-refractivity contribution is -0.118. The summed E-state index contributed by atoms with van der Waals surface area (Å²) >= 11 is 6.66. The second-order valence-electron chi connectivity index (χ2n) is 4.00. The lowest BCUT2D eigenvalue weighted by atomic mass is 10.3. The molecular weight excluding hydrogens is 388 g/mol. The third-order valence-electron chi connectivity index (χ3n) is 2.47. The highest BCUT2D eigenvalue weighted by atomic mass is 79.9. The van der Waals surface area contributed by atoms with Crippen LogP contribution in [0.5, 0.6) is 5.75 Å². The smallest absolute Gasteiger partial charge is 0.262 e. The van der Waals surface area contributed by atoms with Gasteiger partial charge in [-0.2, -0.15) is 0 Å². The topological polar surface area (TPSA) is 64.3 Å². The van der Waals surface area contributed by atoms with Crippen LogP contribution >= 0.6 is 31.9 Å². The number of benzene rings is 2. The zero-order valence-electron chi connectivity index (χ0n) is 10.4. The highest BCUT2D eigenvalue weighted by Crippen LogP contribution is 2.30. The van der Waals surface area contributed by atoms with Crippen LogP contribution < -0.4 is 15.8 Å². The summed E-state index contributed by atoms with van der Waals surface area (Å²) in [5.41, 5.74) is 6.98. The Morgan fingerprint density at radius 3 is 2.50 bits per heavy atom. The van der Waals surface area contributed by atoms with Crippen LogP contribution in [0.3, 0.4) is 0 Å². The van der Waals surface area contributed by atoms with Gasteiger partial charge < -0.3 is 15.8 Å². The molecule has 0 aliphatic rings. The predicted molar refractivity (Wildman–Crippen MR) is 86.8 cm³/mol. The van der Waals surface area contributed by atoms with E-state index in [0.29, 0.717) is 21.6 Å². The molecule has 0 atom stereocenters. The normalized spacial score (nSPS) is 10.1. The number of nitrogens with one attached hydrogen (secondary N) is 1. The summed E-state index contributed by atoms with van der Waals surface area (Å²) in [4.78, 5) is 11.8. The van der Waals surface area contributed by atoms with E-state index < -0.39 is 0 Å². The maximum absolute atomic E-state index is 11.8. The Bertz CT molecular complexity index is 595. The number of hydrogen-bond acceptors (Lipinski definition) is 3. The Balaban J connectivity index is 1.94. The van der Waals surface area contributed by atoms with Crippen LogP contribution in [0.15, 0.2) is 51.4 Å². The number of carbonyl (C=O) groups excluding carboxylic acids is 1. The lowest BCUT2D eigenvalue weighted by Crippen LogP contribution is -2.20. The molecule has 2 rings (SSSR count). The van der Waals surface area contributed by atoms with E-state index in [1.807, 2.05) is 12.1 Å². The number of nitrogens with two attached hydrogens (primary N) is 1. The van der Waals surface area contributed by atoms with Crippen LogP contribution in [0.4, 0.5) is 11.4 Å². The predicted octanol–water partition coefficient (Wildman–Crippen LogP) is 3.81. The van der Waals surface area contributed by atoms with Crippen LogP contribution in [-0.4, -0.2) is 12.5 Å². The van der Waals surface area contributed by atoms with Gasteiger partial charge in [0.15, 0.2) is 12.4 Å². The minimum Gasteiger partial charge on any atom is -0.480 e. The first-order chi connectivity index (χ1) is 9.56. The molecule has 0 heterocycles. The fourth-order valence-electron chi connectivity index (χ4n) is 1.55. The lowest BCUT2D eigenvalue weighted by Gasteiger charge is -2.11. The van der Waals surface area contributed by atoms with Gasteiger partial charge in [-0.1, -0.05) is 22.0 Å². The van der Waals surface area contributed by atoms with Gasteiger partial charge in [0.25, 0.3) is 5.91 Å². The number of ether oxygens (including phenoxy) is 1. The number of rotatable bonds is 4. The Morgan fingerprint density at radius 1 is 1.15 bits per heavy atom. The van der Waals surface area contributed by atoms with E-state index in [-0.39, 0.29) is 12.5 Å². The fourth-order valence-corrected chi connectivity index (χ4v) is 2.31. The van der Waals surface area contributed by atoms with Gasteiger partial charge in [-0.3, -0.25) is 4.79 Å². The molecule has 0 aliphatic heterocycles. The summed E-state index contributed by atoms with van der Waals surface area (Å²) in [6.07, 6.45) is 0. The summed E-state index contributed by atoms with van der Waals surface area (Å²) in [6.45, 7) is -0.108. The van der Waals surface area contributed by atoms with Crippen molar-refractivity contribution in [3.05, 3.63) is 51.4 Å². The molecule has 0 bridgehead atoms. The molecule has 104 valence electrons. The van der Waals surface area contributed by atoms with Gasteiger partial charge in [0.1, 0.15) is 0 Å². The van der Waals surface area contributed by atoms with E-state index in [2.05, 4.69) is 37.2 Å². The number of para-hydroxylation sites is 1. The quantitative estimate of drug-likeness (QED) is 0.768. The van der Waals surface area contributed by atoms with Crippen LogP contribution in [0.25, 0.3) is 0 Å². The number of amides is 1. The number of nitrogen functional groups attached to an aromatic ring is 1. The van der Waals surface area contributed by atoms with Gasteiger partial charge in [-0.05, 0) is 52.3 Å². The zero-order valence-corrected chi connectivity index (χ0v) is 13.6. The van der Waals surface area contributed by atoms with Crippen molar-refractivity contribution in [2.24, 2.45) is 0 Å². The van der Waals surface area contributed by atoms with Crippen LogP contribution in [-0.2, 0) is 4.79 Å². The first-order valence-corrected chi connectivity index (χ1v) is 7.37.